The third-order valence-corrected chi connectivity index (χ3v) is 6.66. The van der Waals surface area contributed by atoms with Gasteiger partial charge in [0.1, 0.15) is 11.5 Å². The third-order valence-electron chi connectivity index (χ3n) is 5.73. The Morgan fingerprint density at radius 1 is 1.14 bits per heavy atom. The van der Waals surface area contributed by atoms with Crippen molar-refractivity contribution in [3.63, 3.8) is 0 Å². The maximum Gasteiger partial charge on any atom is 0.193 e. The van der Waals surface area contributed by atoms with Crippen LogP contribution in [0.1, 0.15) is 30.4 Å². The molecule has 0 spiro atoms. The molecule has 152 valence electrons. The fourth-order valence-corrected chi connectivity index (χ4v) is 4.99. The second-order valence-electron chi connectivity index (χ2n) is 7.56. The molecule has 1 unspecified atom stereocenters. The molecule has 6 nitrogen and oxygen atoms in total. The third kappa shape index (κ3) is 4.36. The van der Waals surface area contributed by atoms with Crippen molar-refractivity contribution in [2.75, 3.05) is 57.8 Å². The van der Waals surface area contributed by atoms with Crippen LogP contribution in [0.15, 0.2) is 39.1 Å². The van der Waals surface area contributed by atoms with Gasteiger partial charge in [0.25, 0.3) is 0 Å². The van der Waals surface area contributed by atoms with Crippen LogP contribution in [0.25, 0.3) is 0 Å². The fourth-order valence-electron chi connectivity index (χ4n) is 4.20. The van der Waals surface area contributed by atoms with Gasteiger partial charge < -0.3 is 19.5 Å². The van der Waals surface area contributed by atoms with Crippen LogP contribution in [0.2, 0.25) is 0 Å². The van der Waals surface area contributed by atoms with Crippen molar-refractivity contribution >= 4 is 22.3 Å². The molecule has 2 aliphatic rings. The average molecular weight is 402 g/mol. The lowest BCUT2D eigenvalue weighted by Gasteiger charge is -2.37. The number of nitrogens with one attached hydrogen (secondary N) is 1. The van der Waals surface area contributed by atoms with Crippen molar-refractivity contribution in [1.82, 2.24) is 15.1 Å². The summed E-state index contributed by atoms with van der Waals surface area (Å²) in [5.41, 5.74) is 0. The Balaban J connectivity index is 1.36. The number of piperazine rings is 1. The highest BCUT2D eigenvalue weighted by molar-refractivity contribution is 7.14. The van der Waals surface area contributed by atoms with E-state index in [2.05, 4.69) is 54.7 Å². The van der Waals surface area contributed by atoms with Gasteiger partial charge in [-0.15, -0.1) is 11.3 Å². The summed E-state index contributed by atoms with van der Waals surface area (Å²) >= 11 is 1.82. The van der Waals surface area contributed by atoms with Crippen LogP contribution in [0.5, 0.6) is 0 Å². The molecule has 2 aromatic rings. The first-order chi connectivity index (χ1) is 13.7. The number of aryl methyl sites for hydroxylation is 1. The van der Waals surface area contributed by atoms with Crippen LogP contribution in [0.3, 0.4) is 0 Å². The molecule has 4 rings (SSSR count). The monoisotopic (exact) mass is 401 g/mol. The van der Waals surface area contributed by atoms with Gasteiger partial charge in [0, 0.05) is 39.8 Å². The topological polar surface area (TPSA) is 47.3 Å². The average Bonchev–Trinajstić information content (AvgIpc) is 3.48. The van der Waals surface area contributed by atoms with Gasteiger partial charge in [-0.05, 0) is 62.5 Å². The largest absolute Gasteiger partial charge is 0.465 e. The lowest BCUT2D eigenvalue weighted by molar-refractivity contribution is 0.212. The number of likely N-dealkylation sites (tertiary alicyclic amines) is 1. The number of thiophene rings is 1. The zero-order chi connectivity index (χ0) is 19.3. The zero-order valence-corrected chi connectivity index (χ0v) is 17.7. The van der Waals surface area contributed by atoms with E-state index >= 15 is 0 Å². The molecule has 0 amide bonds. The summed E-state index contributed by atoms with van der Waals surface area (Å²) in [4.78, 5) is 11.9. The Labute approximate surface area is 171 Å². The van der Waals surface area contributed by atoms with Crippen LogP contribution in [0.4, 0.5) is 5.00 Å². The number of nitrogens with zero attached hydrogens (tertiary/aromatic N) is 4. The number of furan rings is 1. The highest BCUT2D eigenvalue weighted by atomic mass is 32.1. The molecule has 0 radical (unpaired) electrons. The van der Waals surface area contributed by atoms with Crippen molar-refractivity contribution in [2.24, 2.45) is 4.99 Å². The quantitative estimate of drug-likeness (QED) is 0.616. The molecular formula is C21H31N5OS. The zero-order valence-electron chi connectivity index (χ0n) is 16.9. The smallest absolute Gasteiger partial charge is 0.193 e. The SMILES string of the molecule is CN=C(NCC(c1ccc(C)o1)N1CCCC1)N1CCN(c2cccs2)CC1. The Morgan fingerprint density at radius 2 is 1.93 bits per heavy atom. The molecule has 0 bridgehead atoms. The Bertz CT molecular complexity index is 758. The lowest BCUT2D eigenvalue weighted by Crippen LogP contribution is -2.53. The summed E-state index contributed by atoms with van der Waals surface area (Å²) in [6.45, 7) is 9.18. The van der Waals surface area contributed by atoms with Gasteiger partial charge in [-0.3, -0.25) is 9.89 Å². The van der Waals surface area contributed by atoms with Gasteiger partial charge in [-0.25, -0.2) is 0 Å². The maximum atomic E-state index is 5.98. The standard InChI is InChI=1S/C21H31N5OS/c1-17-7-8-19(27-17)18(24-9-3-4-10-24)16-23-21(22-2)26-13-11-25(12-14-26)20-6-5-15-28-20/h5-8,15,18H,3-4,9-14,16H2,1-2H3,(H,22,23). The highest BCUT2D eigenvalue weighted by Gasteiger charge is 2.27. The molecule has 0 aliphatic carbocycles. The van der Waals surface area contributed by atoms with Crippen LogP contribution < -0.4 is 10.2 Å². The summed E-state index contributed by atoms with van der Waals surface area (Å²) in [5.74, 6) is 3.04. The van der Waals surface area contributed by atoms with Crippen LogP contribution in [-0.4, -0.2) is 68.6 Å². The predicted molar refractivity (Wildman–Crippen MR) is 116 cm³/mol. The normalized spacial score (nSPS) is 20.0. The Hall–Kier alpha value is -1.99. The first-order valence-electron chi connectivity index (χ1n) is 10.3. The van der Waals surface area contributed by atoms with Crippen LogP contribution in [0, 0.1) is 6.92 Å². The predicted octanol–water partition coefficient (Wildman–Crippen LogP) is 3.18. The maximum absolute atomic E-state index is 5.98. The van der Waals surface area contributed by atoms with Crippen molar-refractivity contribution in [3.05, 3.63) is 41.2 Å². The molecular weight excluding hydrogens is 370 g/mol. The van der Waals surface area contributed by atoms with E-state index in [1.807, 2.05) is 25.3 Å². The summed E-state index contributed by atoms with van der Waals surface area (Å²) in [7, 11) is 1.88. The number of aliphatic imine (C=N–C) groups is 1. The molecule has 2 aromatic heterocycles. The number of anilines is 1. The molecule has 2 aliphatic heterocycles. The molecule has 0 saturated carbocycles. The van der Waals surface area contributed by atoms with Gasteiger partial charge in [0.15, 0.2) is 5.96 Å². The number of hydrogen-bond donors (Lipinski definition) is 1. The summed E-state index contributed by atoms with van der Waals surface area (Å²) in [6.07, 6.45) is 2.55. The second-order valence-corrected chi connectivity index (χ2v) is 8.49. The second kappa shape index (κ2) is 9.01. The summed E-state index contributed by atoms with van der Waals surface area (Å²) in [5, 5.41) is 7.15. The van der Waals surface area contributed by atoms with Crippen molar-refractivity contribution in [1.29, 1.82) is 0 Å². The van der Waals surface area contributed by atoms with Crippen molar-refractivity contribution < 1.29 is 4.42 Å². The van der Waals surface area contributed by atoms with E-state index in [9.17, 15) is 0 Å². The minimum Gasteiger partial charge on any atom is -0.465 e. The molecule has 28 heavy (non-hydrogen) atoms. The van der Waals surface area contributed by atoms with Crippen LogP contribution in [-0.2, 0) is 0 Å². The molecule has 1 N–H and O–H groups in total. The number of guanidine groups is 1. The fraction of sp³-hybridized carbons (Fsp3) is 0.571. The van der Waals surface area contributed by atoms with Crippen molar-refractivity contribution in [3.8, 4) is 0 Å². The van der Waals surface area contributed by atoms with E-state index in [0.717, 1.165) is 63.3 Å². The lowest BCUT2D eigenvalue weighted by atomic mass is 10.2. The summed E-state index contributed by atoms with van der Waals surface area (Å²) in [6, 6.07) is 8.79. The van der Waals surface area contributed by atoms with Gasteiger partial charge in [0.2, 0.25) is 0 Å². The number of hydrogen-bond acceptors (Lipinski definition) is 5. The Kier molecular flexibility index (Phi) is 6.22. The number of rotatable bonds is 5. The summed E-state index contributed by atoms with van der Waals surface area (Å²) < 4.78 is 5.98. The van der Waals surface area contributed by atoms with E-state index < -0.39 is 0 Å². The first kappa shape index (κ1) is 19.3. The minimum atomic E-state index is 0.264. The highest BCUT2D eigenvalue weighted by Crippen LogP contribution is 2.26. The molecule has 2 saturated heterocycles. The van der Waals surface area contributed by atoms with Gasteiger partial charge >= 0.3 is 0 Å². The molecule has 0 aromatic carbocycles. The van der Waals surface area contributed by atoms with E-state index in [-0.39, 0.29) is 6.04 Å². The molecule has 7 heteroatoms. The minimum absolute atomic E-state index is 0.264. The Morgan fingerprint density at radius 3 is 2.54 bits per heavy atom. The molecule has 4 heterocycles. The molecule has 1 atom stereocenters. The van der Waals surface area contributed by atoms with Gasteiger partial charge in [-0.1, -0.05) is 0 Å². The van der Waals surface area contributed by atoms with E-state index in [4.69, 9.17) is 4.42 Å². The van der Waals surface area contributed by atoms with Gasteiger partial charge in [-0.2, -0.15) is 0 Å². The van der Waals surface area contributed by atoms with Crippen LogP contribution >= 0.6 is 11.3 Å². The van der Waals surface area contributed by atoms with Gasteiger partial charge in [0.05, 0.1) is 11.0 Å². The van der Waals surface area contributed by atoms with E-state index in [1.54, 1.807) is 0 Å². The van der Waals surface area contributed by atoms with Crippen molar-refractivity contribution in [2.45, 2.75) is 25.8 Å². The molecule has 2 fully saturated rings. The van der Waals surface area contributed by atoms with E-state index in [1.165, 1.54) is 17.8 Å². The van der Waals surface area contributed by atoms with E-state index in [0.29, 0.717) is 0 Å². The first-order valence-corrected chi connectivity index (χ1v) is 11.2.